The van der Waals surface area contributed by atoms with Gasteiger partial charge in [-0.05, 0) is 47.5 Å². The number of halogens is 1. The first-order chi connectivity index (χ1) is 12.7. The molecular formula is C19H23ClN4OS. The standard InChI is InChI=1S/C19H23ClN4OS/c1-21-19(22-8-5-14-3-2-4-16(20)11-14)23-12-18(25)24-9-6-17-15(13-24)7-10-26-17/h2-4,7,10-11H,5-6,8-9,12-13H2,1H3,(H2,21,22,23). The topological polar surface area (TPSA) is 56.7 Å². The Labute approximate surface area is 163 Å². The molecule has 1 aromatic carbocycles. The van der Waals surface area contributed by atoms with E-state index in [4.69, 9.17) is 11.6 Å². The third kappa shape index (κ3) is 4.99. The van der Waals surface area contributed by atoms with Crippen LogP contribution in [0.5, 0.6) is 0 Å². The molecule has 1 aliphatic rings. The van der Waals surface area contributed by atoms with Gasteiger partial charge in [-0.1, -0.05) is 23.7 Å². The Bertz CT molecular complexity index is 789. The Morgan fingerprint density at radius 2 is 2.23 bits per heavy atom. The monoisotopic (exact) mass is 390 g/mol. The van der Waals surface area contributed by atoms with E-state index in [0.717, 1.165) is 36.5 Å². The lowest BCUT2D eigenvalue weighted by Crippen LogP contribution is -2.46. The average molecular weight is 391 g/mol. The van der Waals surface area contributed by atoms with Gasteiger partial charge < -0.3 is 15.5 Å². The maximum absolute atomic E-state index is 12.5. The molecule has 5 nitrogen and oxygen atoms in total. The lowest BCUT2D eigenvalue weighted by Gasteiger charge is -2.27. The molecule has 1 aliphatic heterocycles. The highest BCUT2D eigenvalue weighted by Gasteiger charge is 2.21. The third-order valence-corrected chi connectivity index (χ3v) is 5.64. The molecule has 0 saturated carbocycles. The second-order valence-corrected chi connectivity index (χ2v) is 7.60. The van der Waals surface area contributed by atoms with E-state index in [2.05, 4.69) is 27.1 Å². The van der Waals surface area contributed by atoms with Gasteiger partial charge in [0.2, 0.25) is 5.91 Å². The predicted molar refractivity (Wildman–Crippen MR) is 108 cm³/mol. The summed E-state index contributed by atoms with van der Waals surface area (Å²) in [7, 11) is 1.71. The summed E-state index contributed by atoms with van der Waals surface area (Å²) in [5.41, 5.74) is 2.44. The predicted octanol–water partition coefficient (Wildman–Crippen LogP) is 2.69. The number of rotatable bonds is 5. The molecule has 1 aromatic heterocycles. The SMILES string of the molecule is CN=C(NCCc1cccc(Cl)c1)NCC(=O)N1CCc2sccc2C1. The minimum absolute atomic E-state index is 0.0969. The van der Waals surface area contributed by atoms with Gasteiger partial charge in [0.05, 0.1) is 6.54 Å². The number of thiophene rings is 1. The number of amides is 1. The number of guanidine groups is 1. The molecule has 0 atom stereocenters. The zero-order valence-electron chi connectivity index (χ0n) is 14.8. The van der Waals surface area contributed by atoms with E-state index in [-0.39, 0.29) is 12.5 Å². The molecule has 1 amide bonds. The molecule has 7 heteroatoms. The molecule has 0 fully saturated rings. The Morgan fingerprint density at radius 1 is 1.35 bits per heavy atom. The summed E-state index contributed by atoms with van der Waals surface area (Å²) in [4.78, 5) is 19.9. The number of carbonyl (C=O) groups is 1. The number of nitrogens with one attached hydrogen (secondary N) is 2. The summed E-state index contributed by atoms with van der Waals surface area (Å²) in [6.45, 7) is 2.46. The molecule has 0 bridgehead atoms. The van der Waals surface area contributed by atoms with Crippen LogP contribution in [0.3, 0.4) is 0 Å². The number of aliphatic imine (C=N–C) groups is 1. The van der Waals surface area contributed by atoms with E-state index in [1.807, 2.05) is 29.2 Å². The smallest absolute Gasteiger partial charge is 0.242 e. The maximum Gasteiger partial charge on any atom is 0.242 e. The Morgan fingerprint density at radius 3 is 3.04 bits per heavy atom. The fourth-order valence-electron chi connectivity index (χ4n) is 2.97. The van der Waals surface area contributed by atoms with Crippen LogP contribution in [-0.2, 0) is 24.2 Å². The van der Waals surface area contributed by atoms with Crippen LogP contribution in [0.15, 0.2) is 40.7 Å². The Kier molecular flexibility index (Phi) is 6.52. The van der Waals surface area contributed by atoms with Gasteiger partial charge in [-0.15, -0.1) is 11.3 Å². The highest BCUT2D eigenvalue weighted by molar-refractivity contribution is 7.10. The molecule has 0 aliphatic carbocycles. The van der Waals surface area contributed by atoms with Crippen LogP contribution in [0.4, 0.5) is 0 Å². The molecule has 0 unspecified atom stereocenters. The van der Waals surface area contributed by atoms with Crippen molar-refractivity contribution in [3.8, 4) is 0 Å². The number of hydrogen-bond donors (Lipinski definition) is 2. The number of hydrogen-bond acceptors (Lipinski definition) is 3. The van der Waals surface area contributed by atoms with Crippen molar-refractivity contribution in [2.45, 2.75) is 19.4 Å². The highest BCUT2D eigenvalue weighted by atomic mass is 35.5. The summed E-state index contributed by atoms with van der Waals surface area (Å²) in [6, 6.07) is 9.93. The molecular weight excluding hydrogens is 368 g/mol. The molecule has 0 radical (unpaired) electrons. The van der Waals surface area contributed by atoms with Crippen molar-refractivity contribution in [1.82, 2.24) is 15.5 Å². The number of benzene rings is 1. The molecule has 26 heavy (non-hydrogen) atoms. The maximum atomic E-state index is 12.5. The Hall–Kier alpha value is -2.05. The molecule has 0 saturated heterocycles. The molecule has 2 heterocycles. The van der Waals surface area contributed by atoms with E-state index in [1.165, 1.54) is 10.4 Å². The van der Waals surface area contributed by atoms with Crippen LogP contribution in [-0.4, -0.2) is 43.4 Å². The van der Waals surface area contributed by atoms with Crippen molar-refractivity contribution in [3.05, 3.63) is 56.7 Å². The fraction of sp³-hybridized carbons (Fsp3) is 0.368. The van der Waals surface area contributed by atoms with Gasteiger partial charge in [-0.2, -0.15) is 0 Å². The first-order valence-electron chi connectivity index (χ1n) is 8.67. The fourth-order valence-corrected chi connectivity index (χ4v) is 4.07. The minimum Gasteiger partial charge on any atom is -0.356 e. The summed E-state index contributed by atoms with van der Waals surface area (Å²) >= 11 is 7.78. The van der Waals surface area contributed by atoms with E-state index in [0.29, 0.717) is 12.5 Å². The van der Waals surface area contributed by atoms with Crippen LogP contribution in [0.25, 0.3) is 0 Å². The number of fused-ring (bicyclic) bond motifs is 1. The second-order valence-electron chi connectivity index (χ2n) is 6.17. The number of carbonyl (C=O) groups excluding carboxylic acids is 1. The van der Waals surface area contributed by atoms with Gasteiger partial charge in [0.15, 0.2) is 5.96 Å². The van der Waals surface area contributed by atoms with Crippen LogP contribution in [0.1, 0.15) is 16.0 Å². The first-order valence-corrected chi connectivity index (χ1v) is 9.93. The van der Waals surface area contributed by atoms with Gasteiger partial charge in [0.1, 0.15) is 0 Å². The summed E-state index contributed by atoms with van der Waals surface area (Å²) in [6.07, 6.45) is 1.79. The highest BCUT2D eigenvalue weighted by Crippen LogP contribution is 2.23. The largest absolute Gasteiger partial charge is 0.356 e. The van der Waals surface area contributed by atoms with E-state index in [9.17, 15) is 4.79 Å². The van der Waals surface area contributed by atoms with Crippen molar-refractivity contribution in [2.75, 3.05) is 26.7 Å². The summed E-state index contributed by atoms with van der Waals surface area (Å²) in [5.74, 6) is 0.730. The van der Waals surface area contributed by atoms with Gasteiger partial charge in [-0.25, -0.2) is 0 Å². The van der Waals surface area contributed by atoms with Crippen molar-refractivity contribution in [2.24, 2.45) is 4.99 Å². The minimum atomic E-state index is 0.0969. The van der Waals surface area contributed by atoms with Crippen LogP contribution in [0, 0.1) is 0 Å². The molecule has 0 spiro atoms. The second kappa shape index (κ2) is 9.05. The Balaban J connectivity index is 1.42. The van der Waals surface area contributed by atoms with Crippen molar-refractivity contribution in [3.63, 3.8) is 0 Å². The van der Waals surface area contributed by atoms with E-state index < -0.39 is 0 Å². The molecule has 138 valence electrons. The van der Waals surface area contributed by atoms with Crippen LogP contribution >= 0.6 is 22.9 Å². The average Bonchev–Trinajstić information content (AvgIpc) is 3.12. The van der Waals surface area contributed by atoms with Crippen molar-refractivity contribution < 1.29 is 4.79 Å². The normalized spacial score (nSPS) is 14.1. The van der Waals surface area contributed by atoms with E-state index in [1.54, 1.807) is 18.4 Å². The van der Waals surface area contributed by atoms with Gasteiger partial charge in [0, 0.05) is 36.6 Å². The number of nitrogens with zero attached hydrogens (tertiary/aromatic N) is 2. The van der Waals surface area contributed by atoms with Crippen molar-refractivity contribution in [1.29, 1.82) is 0 Å². The summed E-state index contributed by atoms with van der Waals surface area (Å²) in [5, 5.41) is 9.18. The quantitative estimate of drug-likeness (QED) is 0.609. The van der Waals surface area contributed by atoms with Crippen LogP contribution < -0.4 is 10.6 Å². The first kappa shape index (κ1) is 18.7. The van der Waals surface area contributed by atoms with Gasteiger partial charge >= 0.3 is 0 Å². The van der Waals surface area contributed by atoms with Crippen molar-refractivity contribution >= 4 is 34.8 Å². The summed E-state index contributed by atoms with van der Waals surface area (Å²) < 4.78 is 0. The van der Waals surface area contributed by atoms with Gasteiger partial charge in [-0.3, -0.25) is 9.79 Å². The zero-order chi connectivity index (χ0) is 18.4. The lowest BCUT2D eigenvalue weighted by molar-refractivity contribution is -0.130. The van der Waals surface area contributed by atoms with Crippen LogP contribution in [0.2, 0.25) is 5.02 Å². The zero-order valence-corrected chi connectivity index (χ0v) is 16.4. The van der Waals surface area contributed by atoms with E-state index >= 15 is 0 Å². The molecule has 2 aromatic rings. The molecule has 3 rings (SSSR count). The third-order valence-electron chi connectivity index (χ3n) is 4.39. The van der Waals surface area contributed by atoms with Gasteiger partial charge in [0.25, 0.3) is 0 Å². The lowest BCUT2D eigenvalue weighted by atomic mass is 10.1. The molecule has 2 N–H and O–H groups in total.